The van der Waals surface area contributed by atoms with Gasteiger partial charge in [0.05, 0.1) is 18.3 Å². The van der Waals surface area contributed by atoms with Gasteiger partial charge in [0, 0.05) is 24.9 Å². The number of hydrogen-bond donors (Lipinski definition) is 1. The zero-order valence-corrected chi connectivity index (χ0v) is 23.8. The SMILES string of the molecule is C/C(=C\I)[C@H](C/C=C/C=C/[C@@H]1OC2(C)CC[C@@H](CO)[C@H](O2)[C@H]1C)O[Si](C)(C)C(C)(C)C. The molecule has 0 aromatic rings. The highest BCUT2D eigenvalue weighted by atomic mass is 127. The van der Waals surface area contributed by atoms with E-state index in [1.807, 2.05) is 6.92 Å². The predicted molar refractivity (Wildman–Crippen MR) is 140 cm³/mol. The molecule has 6 heteroatoms. The minimum atomic E-state index is -1.83. The number of aliphatic hydroxyl groups is 1. The summed E-state index contributed by atoms with van der Waals surface area (Å²) in [7, 11) is -1.83. The Labute approximate surface area is 204 Å². The summed E-state index contributed by atoms with van der Waals surface area (Å²) >= 11 is 2.31. The summed E-state index contributed by atoms with van der Waals surface area (Å²) in [6.07, 6.45) is 11.3. The van der Waals surface area contributed by atoms with Crippen LogP contribution in [-0.4, -0.2) is 44.1 Å². The average molecular weight is 563 g/mol. The Morgan fingerprint density at radius 1 is 1.29 bits per heavy atom. The largest absolute Gasteiger partial charge is 0.410 e. The van der Waals surface area contributed by atoms with Crippen molar-refractivity contribution < 1.29 is 19.0 Å². The Kier molecular flexibility index (Phi) is 9.63. The molecule has 0 saturated carbocycles. The van der Waals surface area contributed by atoms with Crippen molar-refractivity contribution in [1.82, 2.24) is 0 Å². The van der Waals surface area contributed by atoms with Crippen molar-refractivity contribution >= 4 is 30.9 Å². The maximum Gasteiger partial charge on any atom is 0.192 e. The van der Waals surface area contributed by atoms with Crippen molar-refractivity contribution in [2.45, 2.75) is 103 Å². The second kappa shape index (κ2) is 11.0. The standard InChI is InChI=1S/C25H43IO4Si/c1-18(16-26)21(30-31(7,8)24(3,4)5)12-10-9-11-13-22-19(2)23-20(17-27)14-15-25(6,28-22)29-23/h9-11,13,16,19-23,27H,12,14-15,17H2,1-8H3/b10-9+,13-11+,18-16+/t19-,20-,21-,22-,23+,25?/m0/s1. The lowest BCUT2D eigenvalue weighted by molar-refractivity contribution is -0.349. The van der Waals surface area contributed by atoms with Gasteiger partial charge in [-0.25, -0.2) is 0 Å². The summed E-state index contributed by atoms with van der Waals surface area (Å²) in [5.74, 6) is -0.116. The fourth-order valence-electron chi connectivity index (χ4n) is 4.05. The van der Waals surface area contributed by atoms with E-state index in [4.69, 9.17) is 13.9 Å². The molecule has 0 amide bonds. The second-order valence-corrected chi connectivity index (χ2v) is 16.3. The van der Waals surface area contributed by atoms with Gasteiger partial charge in [-0.1, -0.05) is 74.6 Å². The summed E-state index contributed by atoms with van der Waals surface area (Å²) in [6, 6.07) is 0. The normalized spacial score (nSPS) is 33.9. The van der Waals surface area contributed by atoms with Gasteiger partial charge in [-0.3, -0.25) is 0 Å². The van der Waals surface area contributed by atoms with Gasteiger partial charge >= 0.3 is 0 Å². The number of fused-ring (bicyclic) bond motifs is 2. The molecule has 2 bridgehead atoms. The molecule has 2 aliphatic rings. The van der Waals surface area contributed by atoms with Crippen LogP contribution in [0.15, 0.2) is 34.0 Å². The van der Waals surface area contributed by atoms with Crippen LogP contribution in [0.3, 0.4) is 0 Å². The molecule has 0 spiro atoms. The van der Waals surface area contributed by atoms with E-state index in [2.05, 4.69) is 98.7 Å². The van der Waals surface area contributed by atoms with Crippen molar-refractivity contribution in [3.05, 3.63) is 34.0 Å². The fourth-order valence-corrected chi connectivity index (χ4v) is 5.80. The Balaban J connectivity index is 2.01. The molecule has 0 aliphatic carbocycles. The van der Waals surface area contributed by atoms with E-state index in [0.29, 0.717) is 0 Å². The van der Waals surface area contributed by atoms with Crippen molar-refractivity contribution in [2.24, 2.45) is 11.8 Å². The van der Waals surface area contributed by atoms with E-state index in [0.717, 1.165) is 19.3 Å². The molecule has 2 fully saturated rings. The lowest BCUT2D eigenvalue weighted by atomic mass is 9.80. The summed E-state index contributed by atoms with van der Waals surface area (Å²) in [5, 5.41) is 9.91. The van der Waals surface area contributed by atoms with Crippen molar-refractivity contribution in [2.75, 3.05) is 6.61 Å². The summed E-state index contributed by atoms with van der Waals surface area (Å²) in [5.41, 5.74) is 1.27. The molecule has 178 valence electrons. The van der Waals surface area contributed by atoms with Gasteiger partial charge in [-0.15, -0.1) is 0 Å². The molecule has 2 aliphatic heterocycles. The maximum absolute atomic E-state index is 9.72. The molecular formula is C25H43IO4Si. The number of halogens is 1. The summed E-state index contributed by atoms with van der Waals surface area (Å²) in [4.78, 5) is 0. The van der Waals surface area contributed by atoms with Gasteiger partial charge in [0.25, 0.3) is 0 Å². The molecule has 1 N–H and O–H groups in total. The highest BCUT2D eigenvalue weighted by Gasteiger charge is 2.49. The average Bonchev–Trinajstić information content (AvgIpc) is 2.68. The minimum Gasteiger partial charge on any atom is -0.410 e. The number of allylic oxidation sites excluding steroid dienone is 2. The van der Waals surface area contributed by atoms with E-state index < -0.39 is 14.1 Å². The van der Waals surface area contributed by atoms with Gasteiger partial charge in [0.15, 0.2) is 14.1 Å². The highest BCUT2D eigenvalue weighted by molar-refractivity contribution is 14.1. The van der Waals surface area contributed by atoms with Gasteiger partial charge in [-0.05, 0) is 54.5 Å². The summed E-state index contributed by atoms with van der Waals surface area (Å²) < 4.78 is 21.3. The summed E-state index contributed by atoms with van der Waals surface area (Å²) in [6.45, 7) is 18.0. The Hall–Kier alpha value is 0.00688. The molecule has 2 rings (SSSR count). The molecule has 0 aromatic carbocycles. The van der Waals surface area contributed by atoms with E-state index in [9.17, 15) is 5.11 Å². The third kappa shape index (κ3) is 7.00. The first-order valence-electron chi connectivity index (χ1n) is 11.6. The zero-order chi connectivity index (χ0) is 23.4. The Morgan fingerprint density at radius 2 is 1.97 bits per heavy atom. The minimum absolute atomic E-state index is 0.00185. The van der Waals surface area contributed by atoms with Crippen LogP contribution in [-0.2, 0) is 13.9 Å². The van der Waals surface area contributed by atoms with Crippen LogP contribution in [0.25, 0.3) is 0 Å². The number of hydrogen-bond acceptors (Lipinski definition) is 4. The smallest absolute Gasteiger partial charge is 0.192 e. The molecule has 2 saturated heterocycles. The van der Waals surface area contributed by atoms with Gasteiger partial charge < -0.3 is 19.0 Å². The first-order chi connectivity index (χ1) is 14.3. The first kappa shape index (κ1) is 27.3. The quantitative estimate of drug-likeness (QED) is 0.202. The molecule has 0 aromatic heterocycles. The third-order valence-corrected chi connectivity index (χ3v) is 12.8. The molecule has 2 heterocycles. The van der Waals surface area contributed by atoms with Crippen LogP contribution in [0.1, 0.15) is 60.8 Å². The Bertz CT molecular complexity index is 681. The molecular weight excluding hydrogens is 519 g/mol. The first-order valence-corrected chi connectivity index (χ1v) is 15.7. The number of aliphatic hydroxyl groups excluding tert-OH is 1. The highest BCUT2D eigenvalue weighted by Crippen LogP contribution is 2.43. The number of rotatable bonds is 8. The zero-order valence-electron chi connectivity index (χ0n) is 20.7. The van der Waals surface area contributed by atoms with Crippen LogP contribution in [0.2, 0.25) is 18.1 Å². The fraction of sp³-hybridized carbons (Fsp3) is 0.760. The molecule has 6 atom stereocenters. The third-order valence-electron chi connectivity index (χ3n) is 7.30. The van der Waals surface area contributed by atoms with E-state index >= 15 is 0 Å². The van der Waals surface area contributed by atoms with Crippen LogP contribution in [0, 0.1) is 11.8 Å². The van der Waals surface area contributed by atoms with Crippen LogP contribution < -0.4 is 0 Å². The van der Waals surface area contributed by atoms with Gasteiger partial charge in [0.1, 0.15) is 0 Å². The van der Waals surface area contributed by atoms with Gasteiger partial charge in [0.2, 0.25) is 0 Å². The van der Waals surface area contributed by atoms with Gasteiger partial charge in [-0.2, -0.15) is 0 Å². The molecule has 4 nitrogen and oxygen atoms in total. The van der Waals surface area contributed by atoms with Crippen molar-refractivity contribution in [1.29, 1.82) is 0 Å². The van der Waals surface area contributed by atoms with Crippen LogP contribution in [0.5, 0.6) is 0 Å². The lowest BCUT2D eigenvalue weighted by Crippen LogP contribution is -2.57. The molecule has 1 unspecified atom stereocenters. The topological polar surface area (TPSA) is 47.9 Å². The van der Waals surface area contributed by atoms with Crippen LogP contribution >= 0.6 is 22.6 Å². The van der Waals surface area contributed by atoms with E-state index in [1.165, 1.54) is 5.57 Å². The van der Waals surface area contributed by atoms with Crippen molar-refractivity contribution in [3.8, 4) is 0 Å². The maximum atomic E-state index is 9.72. The lowest BCUT2D eigenvalue weighted by Gasteiger charge is -2.51. The Morgan fingerprint density at radius 3 is 2.55 bits per heavy atom. The molecule has 31 heavy (non-hydrogen) atoms. The van der Waals surface area contributed by atoms with E-state index in [-0.39, 0.29) is 41.8 Å². The van der Waals surface area contributed by atoms with Crippen molar-refractivity contribution in [3.63, 3.8) is 0 Å². The second-order valence-electron chi connectivity index (χ2n) is 10.9. The molecule has 0 radical (unpaired) electrons. The monoisotopic (exact) mass is 562 g/mol. The van der Waals surface area contributed by atoms with Crippen LogP contribution in [0.4, 0.5) is 0 Å². The number of ether oxygens (including phenoxy) is 2. The van der Waals surface area contributed by atoms with E-state index in [1.54, 1.807) is 0 Å². The predicted octanol–water partition coefficient (Wildman–Crippen LogP) is 6.76.